The van der Waals surface area contributed by atoms with E-state index in [0.717, 1.165) is 11.6 Å². The fourth-order valence-electron chi connectivity index (χ4n) is 1.18. The van der Waals surface area contributed by atoms with Crippen molar-refractivity contribution in [2.75, 3.05) is 0 Å². The molecule has 1 aromatic carbocycles. The van der Waals surface area contributed by atoms with Gasteiger partial charge in [0.05, 0.1) is 17.2 Å². The van der Waals surface area contributed by atoms with Gasteiger partial charge in [0.1, 0.15) is 11.5 Å². The Morgan fingerprint density at radius 2 is 2.00 bits per heavy atom. The highest BCUT2D eigenvalue weighted by molar-refractivity contribution is 5.75. The van der Waals surface area contributed by atoms with Crippen molar-refractivity contribution < 1.29 is 4.39 Å². The highest BCUT2D eigenvalue weighted by Gasteiger charge is 2.02. The van der Waals surface area contributed by atoms with E-state index in [9.17, 15) is 4.39 Å². The normalized spacial score (nSPS) is 12.0. The third-order valence-corrected chi connectivity index (χ3v) is 1.87. The molecule has 0 aliphatic rings. The summed E-state index contributed by atoms with van der Waals surface area (Å²) >= 11 is 0. The number of para-hydroxylation sites is 2. The summed E-state index contributed by atoms with van der Waals surface area (Å²) < 4.78 is 13.1. The highest BCUT2D eigenvalue weighted by Crippen LogP contribution is 2.15. The first-order valence-corrected chi connectivity index (χ1v) is 4.18. The van der Waals surface area contributed by atoms with Crippen LogP contribution in [0.2, 0.25) is 0 Å². The van der Waals surface area contributed by atoms with Crippen LogP contribution in [0.4, 0.5) is 4.39 Å². The molecule has 1 heterocycles. The van der Waals surface area contributed by atoms with Crippen molar-refractivity contribution in [3.63, 3.8) is 0 Å². The Labute approximate surface area is 81.1 Å². The minimum absolute atomic E-state index is 0.221. The lowest BCUT2D eigenvalue weighted by molar-refractivity contribution is 0.752. The van der Waals surface area contributed by atoms with Crippen molar-refractivity contribution in [2.24, 2.45) is 0 Å². The molecule has 2 rings (SSSR count). The molecule has 0 amide bonds. The molecule has 2 nitrogen and oxygen atoms in total. The largest absolute Gasteiger partial charge is 0.252 e. The Hall–Kier alpha value is -1.77. The predicted molar refractivity (Wildman–Crippen MR) is 54.0 cm³/mol. The van der Waals surface area contributed by atoms with Gasteiger partial charge in [-0.2, -0.15) is 0 Å². The van der Waals surface area contributed by atoms with Crippen LogP contribution < -0.4 is 0 Å². The third kappa shape index (κ3) is 1.48. The summed E-state index contributed by atoms with van der Waals surface area (Å²) in [7, 11) is 0. The van der Waals surface area contributed by atoms with Crippen LogP contribution in [-0.4, -0.2) is 9.97 Å². The van der Waals surface area contributed by atoms with E-state index in [1.807, 2.05) is 18.2 Å². The summed E-state index contributed by atoms with van der Waals surface area (Å²) in [5, 5.41) is 0. The lowest BCUT2D eigenvalue weighted by atomic mass is 10.3. The molecule has 0 saturated carbocycles. The quantitative estimate of drug-likeness (QED) is 0.686. The molecule has 2 aromatic rings. The van der Waals surface area contributed by atoms with Crippen LogP contribution >= 0.6 is 0 Å². The number of aromatic nitrogens is 2. The fraction of sp³-hybridized carbons (Fsp3) is 0. The van der Waals surface area contributed by atoms with Gasteiger partial charge in [-0.15, -0.1) is 0 Å². The van der Waals surface area contributed by atoms with Gasteiger partial charge in [-0.3, -0.25) is 4.98 Å². The van der Waals surface area contributed by atoms with E-state index < -0.39 is 5.83 Å². The van der Waals surface area contributed by atoms with E-state index in [1.54, 1.807) is 6.07 Å². The summed E-state index contributed by atoms with van der Waals surface area (Å²) in [5.74, 6) is -0.455. The zero-order chi connectivity index (χ0) is 9.97. The summed E-state index contributed by atoms with van der Waals surface area (Å²) in [6, 6.07) is 7.33. The van der Waals surface area contributed by atoms with Crippen LogP contribution in [0.25, 0.3) is 16.9 Å². The number of nitrogens with zero attached hydrogens (tertiary/aromatic N) is 2. The van der Waals surface area contributed by atoms with Crippen molar-refractivity contribution in [3.8, 4) is 0 Å². The number of fused-ring (bicyclic) bond motifs is 1. The molecule has 0 unspecified atom stereocenters. The average Bonchev–Trinajstić information content (AvgIpc) is 2.27. The smallest absolute Gasteiger partial charge is 0.146 e. The van der Waals surface area contributed by atoms with E-state index in [0.29, 0.717) is 5.52 Å². The van der Waals surface area contributed by atoms with Crippen LogP contribution in [0.1, 0.15) is 5.69 Å². The molecule has 1 radical (unpaired) electrons. The Balaban J connectivity index is 2.62. The fourth-order valence-corrected chi connectivity index (χ4v) is 1.18. The minimum atomic E-state index is -0.455. The van der Waals surface area contributed by atoms with E-state index in [4.69, 9.17) is 0 Å². The van der Waals surface area contributed by atoms with Crippen LogP contribution in [0, 0.1) is 6.92 Å². The van der Waals surface area contributed by atoms with E-state index in [2.05, 4.69) is 16.9 Å². The molecule has 0 spiro atoms. The number of benzene rings is 1. The molecule has 14 heavy (non-hydrogen) atoms. The molecule has 1 aromatic heterocycles. The topological polar surface area (TPSA) is 25.8 Å². The van der Waals surface area contributed by atoms with E-state index >= 15 is 0 Å². The van der Waals surface area contributed by atoms with E-state index in [-0.39, 0.29) is 5.69 Å². The van der Waals surface area contributed by atoms with Gasteiger partial charge in [0.25, 0.3) is 0 Å². The Morgan fingerprint density at radius 1 is 1.29 bits per heavy atom. The maximum Gasteiger partial charge on any atom is 0.146 e. The molecule has 0 N–H and O–H groups in total. The lowest BCUT2D eigenvalue weighted by Crippen LogP contribution is -1.89. The molecule has 0 bridgehead atoms. The first kappa shape index (κ1) is 8.81. The van der Waals surface area contributed by atoms with Gasteiger partial charge in [-0.25, -0.2) is 9.37 Å². The van der Waals surface area contributed by atoms with Crippen LogP contribution in [0.5, 0.6) is 0 Å². The van der Waals surface area contributed by atoms with Gasteiger partial charge in [-0.05, 0) is 25.1 Å². The average molecular weight is 187 g/mol. The van der Waals surface area contributed by atoms with Gasteiger partial charge in [-0.1, -0.05) is 12.1 Å². The zero-order valence-electron chi connectivity index (χ0n) is 7.44. The zero-order valence-corrected chi connectivity index (χ0v) is 7.44. The maximum absolute atomic E-state index is 13.1. The number of hydrogen-bond acceptors (Lipinski definition) is 2. The molecule has 0 aliphatic heterocycles. The second kappa shape index (κ2) is 3.54. The van der Waals surface area contributed by atoms with Crippen LogP contribution in [0.3, 0.4) is 0 Å². The van der Waals surface area contributed by atoms with Crippen molar-refractivity contribution in [2.45, 2.75) is 0 Å². The predicted octanol–water partition coefficient (Wildman–Crippen LogP) is 2.77. The Morgan fingerprint density at radius 3 is 2.71 bits per heavy atom. The molecule has 0 aliphatic carbocycles. The summed E-state index contributed by atoms with van der Waals surface area (Å²) in [4.78, 5) is 8.18. The van der Waals surface area contributed by atoms with Gasteiger partial charge < -0.3 is 0 Å². The number of hydrogen-bond donors (Lipinski definition) is 0. The highest BCUT2D eigenvalue weighted by atomic mass is 19.1. The van der Waals surface area contributed by atoms with Gasteiger partial charge in [0.15, 0.2) is 0 Å². The summed E-state index contributed by atoms with van der Waals surface area (Å²) in [6.07, 6.45) is 2.53. The maximum atomic E-state index is 13.1. The standard InChI is InChI=1S/C11H8FN2/c1-2-8(12)11-7-13-9-5-3-4-6-10(9)14-11/h2-7H,1H2/b8-2-. The van der Waals surface area contributed by atoms with Crippen LogP contribution in [0.15, 0.2) is 36.5 Å². The summed E-state index contributed by atoms with van der Waals surface area (Å²) in [6.45, 7) is 3.34. The number of halogens is 1. The van der Waals surface area contributed by atoms with Crippen molar-refractivity contribution in [3.05, 3.63) is 49.2 Å². The first-order valence-electron chi connectivity index (χ1n) is 4.18. The first-order chi connectivity index (χ1) is 6.81. The SMILES string of the molecule is [CH2]/C=C(\F)c1cnc2ccccc2n1. The molecule has 0 fully saturated rings. The van der Waals surface area contributed by atoms with Gasteiger partial charge in [0, 0.05) is 0 Å². The molecule has 0 saturated heterocycles. The lowest BCUT2D eigenvalue weighted by Gasteiger charge is -1.98. The minimum Gasteiger partial charge on any atom is -0.252 e. The monoisotopic (exact) mass is 187 g/mol. The van der Waals surface area contributed by atoms with E-state index in [1.165, 1.54) is 6.20 Å². The molecule has 69 valence electrons. The van der Waals surface area contributed by atoms with Gasteiger partial charge >= 0.3 is 0 Å². The second-order valence-electron chi connectivity index (χ2n) is 2.80. The number of allylic oxidation sites excluding steroid dienone is 1. The molecular formula is C11H8FN2. The molecular weight excluding hydrogens is 179 g/mol. The van der Waals surface area contributed by atoms with Crippen molar-refractivity contribution >= 4 is 16.9 Å². The molecule has 3 heteroatoms. The molecule has 0 atom stereocenters. The Kier molecular flexibility index (Phi) is 2.23. The second-order valence-corrected chi connectivity index (χ2v) is 2.80. The van der Waals surface area contributed by atoms with Crippen molar-refractivity contribution in [1.82, 2.24) is 9.97 Å². The summed E-state index contributed by atoms with van der Waals surface area (Å²) in [5.41, 5.74) is 1.66. The Bertz CT molecular complexity index is 491. The third-order valence-electron chi connectivity index (χ3n) is 1.87. The number of rotatable bonds is 1. The van der Waals surface area contributed by atoms with Crippen LogP contribution in [-0.2, 0) is 0 Å². The van der Waals surface area contributed by atoms with Crippen molar-refractivity contribution in [1.29, 1.82) is 0 Å². The van der Waals surface area contributed by atoms with Gasteiger partial charge in [0.2, 0.25) is 0 Å².